The molecule has 1 aromatic heterocycles. The van der Waals surface area contributed by atoms with Crippen LogP contribution in [-0.2, 0) is 0 Å². The van der Waals surface area contributed by atoms with Crippen molar-refractivity contribution >= 4 is 27.6 Å². The molecule has 0 saturated carbocycles. The van der Waals surface area contributed by atoms with E-state index in [-0.39, 0.29) is 5.92 Å². The Morgan fingerprint density at radius 1 is 0.826 bits per heavy atom. The molecule has 0 aliphatic heterocycles. The van der Waals surface area contributed by atoms with Crippen LogP contribution in [0.5, 0.6) is 0 Å². The summed E-state index contributed by atoms with van der Waals surface area (Å²) in [5.41, 5.74) is 4.33. The Morgan fingerprint density at radius 3 is 2.35 bits per heavy atom. The minimum Gasteiger partial charge on any atom is -0.512 e. The molecule has 4 aromatic rings. The summed E-state index contributed by atoms with van der Waals surface area (Å²) in [6, 6.07) is 18.5. The van der Waals surface area contributed by atoms with E-state index in [0.717, 1.165) is 27.0 Å². The lowest BCUT2D eigenvalue weighted by Gasteiger charge is -2.24. The predicted molar refractivity (Wildman–Crippen MR) is 91.2 cm³/mol. The van der Waals surface area contributed by atoms with Crippen LogP contribution in [0.3, 0.4) is 0 Å². The van der Waals surface area contributed by atoms with Gasteiger partial charge in [-0.05, 0) is 29.3 Å². The largest absolute Gasteiger partial charge is 0.512 e. The van der Waals surface area contributed by atoms with Gasteiger partial charge in [0.2, 0.25) is 0 Å². The van der Waals surface area contributed by atoms with E-state index in [2.05, 4.69) is 34.2 Å². The molecule has 1 aliphatic carbocycles. The van der Waals surface area contributed by atoms with Gasteiger partial charge in [-0.1, -0.05) is 36.4 Å². The number of aliphatic hydroxyl groups excluding tert-OH is 1. The fourth-order valence-corrected chi connectivity index (χ4v) is 3.78. The summed E-state index contributed by atoms with van der Waals surface area (Å²) in [4.78, 5) is 8.78. The molecule has 3 nitrogen and oxygen atoms in total. The van der Waals surface area contributed by atoms with Crippen LogP contribution in [0.4, 0.5) is 0 Å². The highest BCUT2D eigenvalue weighted by molar-refractivity contribution is 6.09. The maximum atomic E-state index is 10.6. The average Bonchev–Trinajstić information content (AvgIpc) is 2.61. The Labute approximate surface area is 132 Å². The van der Waals surface area contributed by atoms with Crippen molar-refractivity contribution < 1.29 is 5.11 Å². The van der Waals surface area contributed by atoms with Crippen LogP contribution in [0, 0.1) is 0 Å². The number of nitrogens with zero attached hydrogens (tertiary/aromatic N) is 2. The van der Waals surface area contributed by atoms with Crippen molar-refractivity contribution in [3.05, 3.63) is 77.3 Å². The Hall–Kier alpha value is -2.94. The Morgan fingerprint density at radius 2 is 1.57 bits per heavy atom. The molecule has 110 valence electrons. The third-order valence-electron chi connectivity index (χ3n) is 4.83. The minimum atomic E-state index is 0.166. The van der Waals surface area contributed by atoms with Gasteiger partial charge in [-0.2, -0.15) is 0 Å². The molecule has 0 radical (unpaired) electrons. The quantitative estimate of drug-likeness (QED) is 0.583. The standard InChI is InChI=1S/C20H14N2O/c23-18-10-15(12-4-2-1-3-5-12)13-6-8-16-20-17(22-11-21-16)9-7-14(18)19(13)20/h1-9,11,15,23H,10H2. The summed E-state index contributed by atoms with van der Waals surface area (Å²) in [5, 5.41) is 13.7. The Kier molecular flexibility index (Phi) is 2.48. The second kappa shape index (κ2) is 4.53. The first-order chi connectivity index (χ1) is 11.3. The molecule has 5 rings (SSSR count). The smallest absolute Gasteiger partial charge is 0.116 e. The summed E-state index contributed by atoms with van der Waals surface area (Å²) in [6.07, 6.45) is 2.23. The van der Waals surface area contributed by atoms with Gasteiger partial charge in [-0.25, -0.2) is 9.97 Å². The third kappa shape index (κ3) is 1.70. The lowest BCUT2D eigenvalue weighted by atomic mass is 9.80. The van der Waals surface area contributed by atoms with E-state index in [4.69, 9.17) is 0 Å². The van der Waals surface area contributed by atoms with Gasteiger partial charge >= 0.3 is 0 Å². The summed E-state index contributed by atoms with van der Waals surface area (Å²) in [5.74, 6) is 0.614. The zero-order chi connectivity index (χ0) is 15.4. The first-order valence-electron chi connectivity index (χ1n) is 7.76. The van der Waals surface area contributed by atoms with E-state index in [0.29, 0.717) is 12.2 Å². The molecule has 1 heterocycles. The average molecular weight is 298 g/mol. The minimum absolute atomic E-state index is 0.166. The molecule has 0 fully saturated rings. The second-order valence-electron chi connectivity index (χ2n) is 6.04. The summed E-state index contributed by atoms with van der Waals surface area (Å²) in [7, 11) is 0. The van der Waals surface area contributed by atoms with Crippen molar-refractivity contribution in [1.82, 2.24) is 9.97 Å². The first-order valence-corrected chi connectivity index (χ1v) is 7.76. The van der Waals surface area contributed by atoms with E-state index in [1.165, 1.54) is 11.1 Å². The zero-order valence-corrected chi connectivity index (χ0v) is 12.4. The Bertz CT molecular complexity index is 1090. The van der Waals surface area contributed by atoms with Crippen LogP contribution in [0.1, 0.15) is 23.5 Å². The van der Waals surface area contributed by atoms with E-state index in [1.807, 2.05) is 30.3 Å². The SMILES string of the molecule is OC1=c2ccc3ncnc4ccc(c2c43)C(c2ccccc2)C1. The second-order valence-corrected chi connectivity index (χ2v) is 6.04. The monoisotopic (exact) mass is 298 g/mol. The highest BCUT2D eigenvalue weighted by Crippen LogP contribution is 2.38. The summed E-state index contributed by atoms with van der Waals surface area (Å²) < 4.78 is 0. The van der Waals surface area contributed by atoms with Gasteiger partial charge in [-0.15, -0.1) is 0 Å². The fourth-order valence-electron chi connectivity index (χ4n) is 3.78. The van der Waals surface area contributed by atoms with Crippen LogP contribution in [0.25, 0.3) is 27.6 Å². The van der Waals surface area contributed by atoms with Crippen LogP contribution in [-0.4, -0.2) is 15.1 Å². The molecule has 1 atom stereocenters. The highest BCUT2D eigenvalue weighted by atomic mass is 16.3. The van der Waals surface area contributed by atoms with Crippen molar-refractivity contribution in [2.45, 2.75) is 12.3 Å². The molecule has 3 aromatic carbocycles. The number of aromatic nitrogens is 2. The Balaban J connectivity index is 1.94. The van der Waals surface area contributed by atoms with Crippen LogP contribution < -0.4 is 5.22 Å². The highest BCUT2D eigenvalue weighted by Gasteiger charge is 2.25. The molecule has 0 bridgehead atoms. The summed E-state index contributed by atoms with van der Waals surface area (Å²) in [6.45, 7) is 0. The third-order valence-corrected chi connectivity index (χ3v) is 4.83. The van der Waals surface area contributed by atoms with Gasteiger partial charge in [0.1, 0.15) is 12.1 Å². The van der Waals surface area contributed by atoms with Crippen molar-refractivity contribution in [3.8, 4) is 0 Å². The molecule has 0 spiro atoms. The van der Waals surface area contributed by atoms with Gasteiger partial charge in [0.25, 0.3) is 0 Å². The molecular formula is C20H14N2O. The number of rotatable bonds is 1. The lowest BCUT2D eigenvalue weighted by molar-refractivity contribution is 0.468. The van der Waals surface area contributed by atoms with E-state index >= 15 is 0 Å². The topological polar surface area (TPSA) is 46.0 Å². The fraction of sp³-hybridized carbons (Fsp3) is 0.100. The lowest BCUT2D eigenvalue weighted by Crippen LogP contribution is -2.19. The van der Waals surface area contributed by atoms with Crippen LogP contribution >= 0.6 is 0 Å². The van der Waals surface area contributed by atoms with E-state index < -0.39 is 0 Å². The van der Waals surface area contributed by atoms with Crippen LogP contribution in [0.15, 0.2) is 60.9 Å². The number of benzene rings is 3. The van der Waals surface area contributed by atoms with Crippen molar-refractivity contribution in [3.63, 3.8) is 0 Å². The maximum absolute atomic E-state index is 10.6. The number of aliphatic hydroxyl groups is 1. The van der Waals surface area contributed by atoms with E-state index in [9.17, 15) is 5.11 Å². The van der Waals surface area contributed by atoms with Crippen LogP contribution in [0.2, 0.25) is 0 Å². The number of hydrogen-bond acceptors (Lipinski definition) is 3. The first kappa shape index (κ1) is 12.6. The van der Waals surface area contributed by atoms with Gasteiger partial charge in [-0.3, -0.25) is 0 Å². The molecule has 1 aliphatic rings. The van der Waals surface area contributed by atoms with Gasteiger partial charge < -0.3 is 5.11 Å². The summed E-state index contributed by atoms with van der Waals surface area (Å²) >= 11 is 0. The molecular weight excluding hydrogens is 284 g/mol. The maximum Gasteiger partial charge on any atom is 0.116 e. The number of hydrogen-bond donors (Lipinski definition) is 1. The molecule has 1 N–H and O–H groups in total. The van der Waals surface area contributed by atoms with E-state index in [1.54, 1.807) is 6.33 Å². The molecule has 1 unspecified atom stereocenters. The zero-order valence-electron chi connectivity index (χ0n) is 12.4. The molecule has 0 saturated heterocycles. The van der Waals surface area contributed by atoms with Crippen molar-refractivity contribution in [2.75, 3.05) is 0 Å². The van der Waals surface area contributed by atoms with Crippen molar-refractivity contribution in [2.24, 2.45) is 0 Å². The predicted octanol–water partition coefficient (Wildman–Crippen LogP) is 3.70. The van der Waals surface area contributed by atoms with Gasteiger partial charge in [0.15, 0.2) is 0 Å². The van der Waals surface area contributed by atoms with Crippen molar-refractivity contribution in [1.29, 1.82) is 0 Å². The molecule has 3 heteroatoms. The molecule has 23 heavy (non-hydrogen) atoms. The van der Waals surface area contributed by atoms with Gasteiger partial charge in [0, 0.05) is 28.3 Å². The van der Waals surface area contributed by atoms with Gasteiger partial charge in [0.05, 0.1) is 11.0 Å². The normalized spacial score (nSPS) is 17.0. The molecule has 0 amide bonds.